The highest BCUT2D eigenvalue weighted by Gasteiger charge is 2.51. The lowest BCUT2D eigenvalue weighted by molar-refractivity contribution is -0.156. The number of nitrogens with one attached hydrogen (secondary N) is 2. The van der Waals surface area contributed by atoms with E-state index in [4.69, 9.17) is 4.74 Å². The molecule has 1 amide bonds. The lowest BCUT2D eigenvalue weighted by Crippen LogP contribution is -2.61. The molecule has 1 aromatic carbocycles. The highest BCUT2D eigenvalue weighted by Crippen LogP contribution is 2.55. The molecule has 4 bridgehead atoms. The number of hydrogen-bond acceptors (Lipinski definition) is 6. The number of sulfonamides is 1. The zero-order valence-corrected chi connectivity index (χ0v) is 19.7. The molecular weight excluding hydrogens is 442 g/mol. The van der Waals surface area contributed by atoms with E-state index in [1.165, 1.54) is 25.3 Å². The van der Waals surface area contributed by atoms with Crippen molar-refractivity contribution in [1.82, 2.24) is 10.0 Å². The van der Waals surface area contributed by atoms with Crippen molar-refractivity contribution >= 4 is 27.7 Å². The second-order valence-electron chi connectivity index (χ2n) is 10.3. The first kappa shape index (κ1) is 22.4. The zero-order valence-electron chi connectivity index (χ0n) is 18.9. The van der Waals surface area contributed by atoms with Gasteiger partial charge in [-0.1, -0.05) is 12.1 Å². The zero-order chi connectivity index (χ0) is 23.2. The van der Waals surface area contributed by atoms with Gasteiger partial charge in [0.2, 0.25) is 0 Å². The maximum absolute atomic E-state index is 12.8. The Bertz CT molecular complexity index is 1060. The number of ether oxygens (including phenoxy) is 1. The van der Waals surface area contributed by atoms with Crippen molar-refractivity contribution in [3.05, 3.63) is 29.8 Å². The second kappa shape index (κ2) is 8.42. The van der Waals surface area contributed by atoms with Crippen molar-refractivity contribution in [2.45, 2.75) is 74.8 Å². The van der Waals surface area contributed by atoms with Gasteiger partial charge in [-0.3, -0.25) is 19.3 Å². The van der Waals surface area contributed by atoms with Gasteiger partial charge in [0.15, 0.2) is 6.10 Å². The van der Waals surface area contributed by atoms with Crippen LogP contribution in [0.1, 0.15) is 63.9 Å². The van der Waals surface area contributed by atoms with Crippen LogP contribution in [0, 0.1) is 17.8 Å². The van der Waals surface area contributed by atoms with Crippen LogP contribution in [0.25, 0.3) is 0 Å². The van der Waals surface area contributed by atoms with Crippen LogP contribution >= 0.6 is 0 Å². The van der Waals surface area contributed by atoms with Gasteiger partial charge in [-0.2, -0.15) is 0 Å². The van der Waals surface area contributed by atoms with Crippen LogP contribution < -0.4 is 10.0 Å². The molecule has 6 rings (SSSR count). The van der Waals surface area contributed by atoms with Gasteiger partial charge in [0.05, 0.1) is 4.90 Å². The molecule has 33 heavy (non-hydrogen) atoms. The summed E-state index contributed by atoms with van der Waals surface area (Å²) in [6.07, 6.45) is 6.75. The summed E-state index contributed by atoms with van der Waals surface area (Å²) < 4.78 is 32.1. The van der Waals surface area contributed by atoms with Crippen molar-refractivity contribution in [3.63, 3.8) is 0 Å². The van der Waals surface area contributed by atoms with Crippen molar-refractivity contribution < 1.29 is 22.7 Å². The molecule has 1 aliphatic heterocycles. The smallest absolute Gasteiger partial charge is 0.306 e. The fraction of sp³-hybridized carbons (Fsp3) is 0.625. The lowest BCUT2D eigenvalue weighted by atomic mass is 9.53. The number of fused-ring (bicyclic) bond motifs is 1. The minimum Gasteiger partial charge on any atom is -0.453 e. The molecule has 5 aliphatic rings. The van der Waals surface area contributed by atoms with E-state index in [0.717, 1.165) is 37.0 Å². The van der Waals surface area contributed by atoms with E-state index in [0.29, 0.717) is 17.8 Å². The maximum Gasteiger partial charge on any atom is 0.306 e. The average molecular weight is 474 g/mol. The van der Waals surface area contributed by atoms with Gasteiger partial charge in [0.1, 0.15) is 5.84 Å². The fourth-order valence-corrected chi connectivity index (χ4v) is 7.85. The lowest BCUT2D eigenvalue weighted by Gasteiger charge is -2.57. The fourth-order valence-electron chi connectivity index (χ4n) is 6.60. The number of aliphatic imine (C=N–C) groups is 1. The molecule has 9 heteroatoms. The Kier molecular flexibility index (Phi) is 5.71. The van der Waals surface area contributed by atoms with Gasteiger partial charge in [0.25, 0.3) is 15.9 Å². The van der Waals surface area contributed by atoms with E-state index in [1.54, 1.807) is 25.1 Å². The Morgan fingerprint density at radius 1 is 1.15 bits per heavy atom. The number of hydrogen-bond donors (Lipinski definition) is 2. The van der Waals surface area contributed by atoms with Crippen LogP contribution in [-0.4, -0.2) is 44.3 Å². The molecule has 0 unspecified atom stereocenters. The predicted molar refractivity (Wildman–Crippen MR) is 122 cm³/mol. The number of carbonyl (C=O) groups is 2. The molecule has 178 valence electrons. The van der Waals surface area contributed by atoms with Crippen LogP contribution in [0.5, 0.6) is 0 Å². The standard InChI is InChI=1S/C24H31N3O5S/c1-15(23(29)26-24-12-16-9-17(13-24)11-18(10-16)14-24)32-21(28)7-4-8-25-22-19-5-2-3-6-20(19)33(30,31)27-22/h2-3,5-6,15-18H,4,7-14H2,1H3,(H,25,27)(H,26,29)/t15-,16?,17?,18?,24?/m1/s1. The topological polar surface area (TPSA) is 114 Å². The molecule has 0 aromatic heterocycles. The summed E-state index contributed by atoms with van der Waals surface area (Å²) in [7, 11) is -3.57. The number of rotatable bonds is 7. The molecule has 1 atom stereocenters. The third-order valence-corrected chi connectivity index (χ3v) is 8.97. The Hall–Kier alpha value is -2.42. The number of amidine groups is 1. The number of benzene rings is 1. The Morgan fingerprint density at radius 2 is 1.79 bits per heavy atom. The summed E-state index contributed by atoms with van der Waals surface area (Å²) in [6.45, 7) is 1.90. The van der Waals surface area contributed by atoms with Gasteiger partial charge in [0, 0.05) is 24.1 Å². The van der Waals surface area contributed by atoms with E-state index in [9.17, 15) is 18.0 Å². The third-order valence-electron chi connectivity index (χ3n) is 7.58. The van der Waals surface area contributed by atoms with Gasteiger partial charge in [-0.05, 0) is 81.8 Å². The van der Waals surface area contributed by atoms with Crippen molar-refractivity contribution in [1.29, 1.82) is 0 Å². The summed E-state index contributed by atoms with van der Waals surface area (Å²) in [4.78, 5) is 29.5. The van der Waals surface area contributed by atoms with Crippen molar-refractivity contribution in [2.24, 2.45) is 22.7 Å². The minimum atomic E-state index is -3.57. The normalized spacial score (nSPS) is 32.8. The van der Waals surface area contributed by atoms with Crippen LogP contribution in [0.15, 0.2) is 34.2 Å². The third kappa shape index (κ3) is 4.52. The van der Waals surface area contributed by atoms with E-state index in [-0.39, 0.29) is 29.3 Å². The summed E-state index contributed by atoms with van der Waals surface area (Å²) in [5, 5.41) is 3.25. The van der Waals surface area contributed by atoms with Crippen LogP contribution in [0.3, 0.4) is 0 Å². The predicted octanol–water partition coefficient (Wildman–Crippen LogP) is 2.52. The van der Waals surface area contributed by atoms with E-state index < -0.39 is 22.1 Å². The summed E-state index contributed by atoms with van der Waals surface area (Å²) in [5.74, 6) is 1.83. The molecule has 0 saturated heterocycles. The molecular formula is C24H31N3O5S. The second-order valence-corrected chi connectivity index (χ2v) is 11.9. The first-order chi connectivity index (χ1) is 15.7. The number of nitrogens with zero attached hydrogens (tertiary/aromatic N) is 1. The highest BCUT2D eigenvalue weighted by molar-refractivity contribution is 7.90. The summed E-state index contributed by atoms with van der Waals surface area (Å²) in [6, 6.07) is 6.65. The monoisotopic (exact) mass is 473 g/mol. The van der Waals surface area contributed by atoms with Gasteiger partial charge in [-0.25, -0.2) is 8.42 Å². The van der Waals surface area contributed by atoms with E-state index in [1.807, 2.05) is 0 Å². The molecule has 2 N–H and O–H groups in total. The number of amides is 1. The van der Waals surface area contributed by atoms with Gasteiger partial charge < -0.3 is 10.1 Å². The largest absolute Gasteiger partial charge is 0.453 e. The Labute approximate surface area is 194 Å². The SMILES string of the molecule is C[C@@H](OC(=O)CCCN=C1NS(=O)(=O)c2ccccc21)C(=O)NC12CC3CC(CC(C3)C1)C2. The Morgan fingerprint density at radius 3 is 2.45 bits per heavy atom. The first-order valence-electron chi connectivity index (χ1n) is 11.9. The molecule has 1 heterocycles. The maximum atomic E-state index is 12.8. The first-order valence-corrected chi connectivity index (χ1v) is 13.4. The van der Waals surface area contributed by atoms with Crippen LogP contribution in [-0.2, 0) is 24.3 Å². The molecule has 8 nitrogen and oxygen atoms in total. The average Bonchev–Trinajstić information content (AvgIpc) is 3.00. The molecule has 4 saturated carbocycles. The van der Waals surface area contributed by atoms with E-state index in [2.05, 4.69) is 15.0 Å². The molecule has 0 radical (unpaired) electrons. The number of esters is 1. The molecule has 4 aliphatic carbocycles. The summed E-state index contributed by atoms with van der Waals surface area (Å²) >= 11 is 0. The highest BCUT2D eigenvalue weighted by atomic mass is 32.2. The molecule has 0 spiro atoms. The quantitative estimate of drug-likeness (QED) is 0.467. The molecule has 4 fully saturated rings. The van der Waals surface area contributed by atoms with Gasteiger partial charge >= 0.3 is 5.97 Å². The van der Waals surface area contributed by atoms with Crippen LogP contribution in [0.2, 0.25) is 0 Å². The van der Waals surface area contributed by atoms with Crippen molar-refractivity contribution in [2.75, 3.05) is 6.54 Å². The van der Waals surface area contributed by atoms with Crippen molar-refractivity contribution in [3.8, 4) is 0 Å². The van der Waals surface area contributed by atoms with E-state index >= 15 is 0 Å². The molecule has 1 aromatic rings. The van der Waals surface area contributed by atoms with Gasteiger partial charge in [-0.15, -0.1) is 0 Å². The summed E-state index contributed by atoms with van der Waals surface area (Å²) in [5.41, 5.74) is 0.433. The minimum absolute atomic E-state index is 0.104. The number of carbonyl (C=O) groups excluding carboxylic acids is 2. The Balaban J connectivity index is 1.09. The van der Waals surface area contributed by atoms with Crippen LogP contribution in [0.4, 0.5) is 0 Å².